The Hall–Kier alpha value is -2.15. The van der Waals surface area contributed by atoms with E-state index in [1.807, 2.05) is 13.8 Å². The lowest BCUT2D eigenvalue weighted by Crippen LogP contribution is -2.41. The maximum atomic E-state index is 12.5. The third kappa shape index (κ3) is 2.89. The number of aryl methyl sites for hydroxylation is 2. The number of rotatable bonds is 4. The summed E-state index contributed by atoms with van der Waals surface area (Å²) >= 11 is 1.44. The van der Waals surface area contributed by atoms with E-state index in [-0.39, 0.29) is 11.8 Å². The van der Waals surface area contributed by atoms with Crippen molar-refractivity contribution in [2.75, 3.05) is 5.32 Å². The van der Waals surface area contributed by atoms with Gasteiger partial charge in [0.05, 0.1) is 18.5 Å². The molecule has 6 nitrogen and oxygen atoms in total. The smallest absolute Gasteiger partial charge is 0.248 e. The molecule has 2 aromatic rings. The standard InChI is InChI=1S/C15H17N3O3S/c1-9-10(2)22-15(16-9)17-14(20)12-5-6-13(19)18(12)8-11-4-3-7-21-11/h3-4,7,12H,5-6,8H2,1-2H3,(H,16,17,20). The van der Waals surface area contributed by atoms with Crippen molar-refractivity contribution in [2.24, 2.45) is 0 Å². The van der Waals surface area contributed by atoms with Gasteiger partial charge < -0.3 is 14.6 Å². The molecule has 116 valence electrons. The van der Waals surface area contributed by atoms with E-state index in [2.05, 4.69) is 10.3 Å². The van der Waals surface area contributed by atoms with Gasteiger partial charge in [-0.1, -0.05) is 0 Å². The average Bonchev–Trinajstić information content (AvgIpc) is 3.16. The van der Waals surface area contributed by atoms with Crippen molar-refractivity contribution in [1.82, 2.24) is 9.88 Å². The molecule has 1 saturated heterocycles. The van der Waals surface area contributed by atoms with E-state index < -0.39 is 6.04 Å². The number of likely N-dealkylation sites (tertiary alicyclic amines) is 1. The van der Waals surface area contributed by atoms with Gasteiger partial charge in [-0.3, -0.25) is 9.59 Å². The van der Waals surface area contributed by atoms with Crippen molar-refractivity contribution in [1.29, 1.82) is 0 Å². The first-order valence-electron chi connectivity index (χ1n) is 7.11. The molecule has 0 saturated carbocycles. The number of amides is 2. The SMILES string of the molecule is Cc1nc(NC(=O)C2CCC(=O)N2Cc2ccco2)sc1C. The Morgan fingerprint density at radius 2 is 2.36 bits per heavy atom. The van der Waals surface area contributed by atoms with E-state index in [1.165, 1.54) is 11.3 Å². The highest BCUT2D eigenvalue weighted by Gasteiger charge is 2.36. The van der Waals surface area contributed by atoms with Crippen LogP contribution in [0.1, 0.15) is 29.2 Å². The minimum atomic E-state index is -0.470. The number of carbonyl (C=O) groups is 2. The molecule has 0 aromatic carbocycles. The molecular weight excluding hydrogens is 302 g/mol. The molecule has 2 amide bonds. The van der Waals surface area contributed by atoms with Crippen LogP contribution in [0.15, 0.2) is 22.8 Å². The second-order valence-corrected chi connectivity index (χ2v) is 6.51. The zero-order valence-corrected chi connectivity index (χ0v) is 13.3. The quantitative estimate of drug-likeness (QED) is 0.939. The maximum Gasteiger partial charge on any atom is 0.248 e. The van der Waals surface area contributed by atoms with Crippen molar-refractivity contribution < 1.29 is 14.0 Å². The van der Waals surface area contributed by atoms with E-state index >= 15 is 0 Å². The Bertz CT molecular complexity index is 673. The summed E-state index contributed by atoms with van der Waals surface area (Å²) in [5.74, 6) is 0.461. The monoisotopic (exact) mass is 319 g/mol. The highest BCUT2D eigenvalue weighted by molar-refractivity contribution is 7.15. The summed E-state index contributed by atoms with van der Waals surface area (Å²) < 4.78 is 5.27. The molecule has 0 radical (unpaired) electrons. The molecule has 3 rings (SSSR count). The molecule has 22 heavy (non-hydrogen) atoms. The van der Waals surface area contributed by atoms with Crippen LogP contribution < -0.4 is 5.32 Å². The Morgan fingerprint density at radius 1 is 1.55 bits per heavy atom. The molecular formula is C15H17N3O3S. The van der Waals surface area contributed by atoms with E-state index in [9.17, 15) is 9.59 Å². The van der Waals surface area contributed by atoms with Crippen LogP contribution in [0.5, 0.6) is 0 Å². The van der Waals surface area contributed by atoms with Crippen LogP contribution in [0, 0.1) is 13.8 Å². The number of anilines is 1. The summed E-state index contributed by atoms with van der Waals surface area (Å²) in [6.45, 7) is 4.19. The molecule has 0 bridgehead atoms. The summed E-state index contributed by atoms with van der Waals surface area (Å²) in [7, 11) is 0. The van der Waals surface area contributed by atoms with Crippen LogP contribution in [-0.2, 0) is 16.1 Å². The highest BCUT2D eigenvalue weighted by atomic mass is 32.1. The van der Waals surface area contributed by atoms with Crippen LogP contribution in [-0.4, -0.2) is 27.7 Å². The van der Waals surface area contributed by atoms with Gasteiger partial charge in [0.2, 0.25) is 11.8 Å². The molecule has 1 unspecified atom stereocenters. The first-order valence-corrected chi connectivity index (χ1v) is 7.93. The number of nitrogens with zero attached hydrogens (tertiary/aromatic N) is 2. The zero-order chi connectivity index (χ0) is 15.7. The Balaban J connectivity index is 1.71. The number of carbonyl (C=O) groups excluding carboxylic acids is 2. The van der Waals surface area contributed by atoms with Crippen molar-refractivity contribution in [3.8, 4) is 0 Å². The number of hydrogen-bond acceptors (Lipinski definition) is 5. The summed E-state index contributed by atoms with van der Waals surface area (Å²) in [5.41, 5.74) is 0.912. The lowest BCUT2D eigenvalue weighted by atomic mass is 10.2. The number of furan rings is 1. The largest absolute Gasteiger partial charge is 0.467 e. The molecule has 1 N–H and O–H groups in total. The lowest BCUT2D eigenvalue weighted by Gasteiger charge is -2.22. The summed E-state index contributed by atoms with van der Waals surface area (Å²) in [6.07, 6.45) is 2.47. The maximum absolute atomic E-state index is 12.5. The fourth-order valence-corrected chi connectivity index (χ4v) is 3.31. The first kappa shape index (κ1) is 14.8. The van der Waals surface area contributed by atoms with E-state index in [1.54, 1.807) is 23.3 Å². The molecule has 0 aliphatic carbocycles. The molecule has 1 atom stereocenters. The Kier molecular flexibility index (Phi) is 3.98. The fourth-order valence-electron chi connectivity index (χ4n) is 2.49. The van der Waals surface area contributed by atoms with Gasteiger partial charge in [-0.05, 0) is 32.4 Å². The normalized spacial score (nSPS) is 18.0. The van der Waals surface area contributed by atoms with E-state index in [0.717, 1.165) is 10.6 Å². The van der Waals surface area contributed by atoms with Crippen LogP contribution >= 0.6 is 11.3 Å². The van der Waals surface area contributed by atoms with E-state index in [0.29, 0.717) is 30.3 Å². The molecule has 7 heteroatoms. The molecule has 0 spiro atoms. The Labute approximate surface area is 132 Å². The summed E-state index contributed by atoms with van der Waals surface area (Å²) in [6, 6.07) is 3.10. The fraction of sp³-hybridized carbons (Fsp3) is 0.400. The first-order chi connectivity index (χ1) is 10.5. The number of aromatic nitrogens is 1. The predicted molar refractivity (Wildman–Crippen MR) is 82.5 cm³/mol. The Morgan fingerprint density at radius 3 is 3.00 bits per heavy atom. The van der Waals surface area contributed by atoms with Crippen LogP contribution in [0.3, 0.4) is 0 Å². The van der Waals surface area contributed by atoms with Gasteiger partial charge in [0, 0.05) is 11.3 Å². The number of nitrogens with one attached hydrogen (secondary N) is 1. The van der Waals surface area contributed by atoms with Gasteiger partial charge in [-0.25, -0.2) is 4.98 Å². The third-order valence-electron chi connectivity index (χ3n) is 3.80. The van der Waals surface area contributed by atoms with Crippen LogP contribution in [0.25, 0.3) is 0 Å². The molecule has 1 aliphatic rings. The second kappa shape index (κ2) is 5.92. The molecule has 3 heterocycles. The van der Waals surface area contributed by atoms with Crippen LogP contribution in [0.2, 0.25) is 0 Å². The highest BCUT2D eigenvalue weighted by Crippen LogP contribution is 2.25. The van der Waals surface area contributed by atoms with Crippen molar-refractivity contribution in [3.63, 3.8) is 0 Å². The second-order valence-electron chi connectivity index (χ2n) is 5.31. The third-order valence-corrected chi connectivity index (χ3v) is 4.78. The summed E-state index contributed by atoms with van der Waals surface area (Å²) in [4.78, 5) is 31.4. The molecule has 2 aromatic heterocycles. The van der Waals surface area contributed by atoms with Crippen LogP contribution in [0.4, 0.5) is 5.13 Å². The van der Waals surface area contributed by atoms with Gasteiger partial charge in [0.1, 0.15) is 11.8 Å². The number of hydrogen-bond donors (Lipinski definition) is 1. The molecule has 1 aliphatic heterocycles. The van der Waals surface area contributed by atoms with Crippen molar-refractivity contribution in [3.05, 3.63) is 34.7 Å². The predicted octanol–water partition coefficient (Wildman–Crippen LogP) is 2.48. The zero-order valence-electron chi connectivity index (χ0n) is 12.5. The molecule has 1 fully saturated rings. The minimum absolute atomic E-state index is 0.0250. The van der Waals surface area contributed by atoms with Crippen molar-refractivity contribution in [2.45, 2.75) is 39.3 Å². The topological polar surface area (TPSA) is 75.4 Å². The van der Waals surface area contributed by atoms with E-state index in [4.69, 9.17) is 4.42 Å². The van der Waals surface area contributed by atoms with Crippen molar-refractivity contribution >= 4 is 28.3 Å². The lowest BCUT2D eigenvalue weighted by molar-refractivity contribution is -0.134. The van der Waals surface area contributed by atoms with Gasteiger partial charge in [-0.15, -0.1) is 11.3 Å². The average molecular weight is 319 g/mol. The van der Waals surface area contributed by atoms with Gasteiger partial charge in [-0.2, -0.15) is 0 Å². The van der Waals surface area contributed by atoms with Gasteiger partial charge >= 0.3 is 0 Å². The summed E-state index contributed by atoms with van der Waals surface area (Å²) in [5, 5.41) is 3.40. The van der Waals surface area contributed by atoms with Gasteiger partial charge in [0.25, 0.3) is 0 Å². The minimum Gasteiger partial charge on any atom is -0.467 e. The number of thiazole rings is 1. The van der Waals surface area contributed by atoms with Gasteiger partial charge in [0.15, 0.2) is 5.13 Å².